The van der Waals surface area contributed by atoms with Crippen LogP contribution in [0.5, 0.6) is 0 Å². The molecule has 1 saturated heterocycles. The Labute approximate surface area is 345 Å². The molecule has 1 heterocycles. The predicted molar refractivity (Wildman–Crippen MR) is 212 cm³/mol. The minimum absolute atomic E-state index is 0.0347. The first-order chi connectivity index (χ1) is 28.2. The van der Waals surface area contributed by atoms with Gasteiger partial charge in [-0.05, 0) is 34.7 Å². The number of carbonyl (C=O) groups is 7. The third-order valence-corrected chi connectivity index (χ3v) is 10.6. The van der Waals surface area contributed by atoms with Crippen LogP contribution in [-0.4, -0.2) is 103 Å². The van der Waals surface area contributed by atoms with Crippen molar-refractivity contribution < 1.29 is 62.0 Å². The molecule has 0 aromatic heterocycles. The van der Waals surface area contributed by atoms with E-state index in [2.05, 4.69) is 16.0 Å². The van der Waals surface area contributed by atoms with Crippen molar-refractivity contribution in [3.63, 3.8) is 0 Å². The molecule has 0 unspecified atom stereocenters. The number of rotatable bonds is 16. The van der Waals surface area contributed by atoms with Crippen molar-refractivity contribution in [1.82, 2.24) is 16.0 Å². The standard InChI is InChI=1S/C42H47N3O13S/c1-23(40(51)54-19-28-13-7-6-8-14-28)43-39(50)34(45-42(52)55-20-33-31-17-11-9-15-29(31)30-16-10-12-18-32(30)33)22-59-41-36(44-24(2)46)38(57-27(5)49)37(56-26(4)48)35(58-41)21-53-25(3)47/h6-18,23,33-38,41H,19-22H2,1-5H3,(H,43,50)(H,44,46)(H,45,52)/t23-,34-,35+,36+,37+,38+,41-/m0/s1. The van der Waals surface area contributed by atoms with Crippen molar-refractivity contribution in [3.05, 3.63) is 95.6 Å². The number of alkyl carbamates (subject to hydrolysis) is 1. The van der Waals surface area contributed by atoms with E-state index in [1.807, 2.05) is 54.6 Å². The Hall–Kier alpha value is -5.94. The first-order valence-electron chi connectivity index (χ1n) is 18.9. The first kappa shape index (κ1) is 44.2. The monoisotopic (exact) mass is 833 g/mol. The van der Waals surface area contributed by atoms with Gasteiger partial charge in [0.05, 0.1) is 0 Å². The highest BCUT2D eigenvalue weighted by Gasteiger charge is 2.51. The summed E-state index contributed by atoms with van der Waals surface area (Å²) in [6.07, 6.45) is -4.80. The van der Waals surface area contributed by atoms with E-state index in [-0.39, 0.29) is 24.9 Å². The number of benzene rings is 3. The van der Waals surface area contributed by atoms with E-state index < -0.39 is 90.3 Å². The van der Waals surface area contributed by atoms with Crippen molar-refractivity contribution in [3.8, 4) is 11.1 Å². The summed E-state index contributed by atoms with van der Waals surface area (Å²) < 4.78 is 33.6. The molecular weight excluding hydrogens is 787 g/mol. The molecule has 16 nitrogen and oxygen atoms in total. The third kappa shape index (κ3) is 12.0. The molecule has 3 amide bonds. The molecule has 1 aliphatic heterocycles. The number of nitrogens with one attached hydrogen (secondary N) is 3. The lowest BCUT2D eigenvalue weighted by Gasteiger charge is -2.45. The second kappa shape index (κ2) is 20.7. The predicted octanol–water partition coefficient (Wildman–Crippen LogP) is 3.53. The van der Waals surface area contributed by atoms with E-state index in [9.17, 15) is 33.6 Å². The summed E-state index contributed by atoms with van der Waals surface area (Å²) in [6, 6.07) is 20.9. The SMILES string of the molecule is CC(=O)N[C@@H]1[C@@H](OC(C)=O)[C@H](OC(C)=O)[C@@H](COC(C)=O)O[C@H]1SC[C@H](NC(=O)OCC1c2ccccc2-c2ccccc21)C(=O)N[C@@H](C)C(=O)OCc1ccccc1. The Morgan fingerprint density at radius 1 is 0.695 bits per heavy atom. The van der Waals surface area contributed by atoms with Crippen LogP contribution in [0.1, 0.15) is 57.2 Å². The number of fused-ring (bicyclic) bond motifs is 3. The lowest BCUT2D eigenvalue weighted by atomic mass is 9.97. The summed E-state index contributed by atoms with van der Waals surface area (Å²) in [5.41, 5.74) is 3.59. The number of hydrogen-bond donors (Lipinski definition) is 3. The maximum Gasteiger partial charge on any atom is 0.407 e. The molecule has 5 rings (SSSR count). The Kier molecular flexibility index (Phi) is 15.5. The van der Waals surface area contributed by atoms with Crippen LogP contribution >= 0.6 is 11.8 Å². The molecule has 3 N–H and O–H groups in total. The van der Waals surface area contributed by atoms with Gasteiger partial charge < -0.3 is 44.4 Å². The average molecular weight is 834 g/mol. The molecule has 314 valence electrons. The molecule has 3 aromatic carbocycles. The molecule has 1 fully saturated rings. The molecule has 3 aromatic rings. The second-order valence-electron chi connectivity index (χ2n) is 13.9. The quantitative estimate of drug-likeness (QED) is 0.139. The molecule has 0 radical (unpaired) electrons. The zero-order valence-corrected chi connectivity index (χ0v) is 34.0. The fourth-order valence-electron chi connectivity index (χ4n) is 6.82. The Morgan fingerprint density at radius 2 is 1.29 bits per heavy atom. The largest absolute Gasteiger partial charge is 0.463 e. The number of amides is 3. The lowest BCUT2D eigenvalue weighted by molar-refractivity contribution is -0.211. The second-order valence-corrected chi connectivity index (χ2v) is 15.0. The summed E-state index contributed by atoms with van der Waals surface area (Å²) in [6.45, 7) is 5.53. The highest BCUT2D eigenvalue weighted by atomic mass is 32.2. The first-order valence-corrected chi connectivity index (χ1v) is 19.9. The van der Waals surface area contributed by atoms with Crippen LogP contribution in [0.15, 0.2) is 78.9 Å². The van der Waals surface area contributed by atoms with E-state index >= 15 is 0 Å². The number of esters is 4. The lowest BCUT2D eigenvalue weighted by Crippen LogP contribution is -2.65. The van der Waals surface area contributed by atoms with Crippen molar-refractivity contribution in [2.24, 2.45) is 0 Å². The van der Waals surface area contributed by atoms with E-state index in [0.717, 1.165) is 60.4 Å². The van der Waals surface area contributed by atoms with Crippen molar-refractivity contribution >= 4 is 53.5 Å². The van der Waals surface area contributed by atoms with Crippen LogP contribution in [0.4, 0.5) is 4.79 Å². The number of hydrogen-bond acceptors (Lipinski definition) is 14. The van der Waals surface area contributed by atoms with Crippen LogP contribution in [0, 0.1) is 0 Å². The summed E-state index contributed by atoms with van der Waals surface area (Å²) in [7, 11) is 0. The van der Waals surface area contributed by atoms with Crippen molar-refractivity contribution in [2.75, 3.05) is 19.0 Å². The summed E-state index contributed by atoms with van der Waals surface area (Å²) >= 11 is 0.927. The van der Waals surface area contributed by atoms with Gasteiger partial charge >= 0.3 is 30.0 Å². The van der Waals surface area contributed by atoms with Gasteiger partial charge in [-0.15, -0.1) is 11.8 Å². The Balaban J connectivity index is 1.36. The Bertz CT molecular complexity index is 1970. The zero-order valence-electron chi connectivity index (χ0n) is 33.2. The molecule has 2 aliphatic rings. The maximum atomic E-state index is 13.9. The van der Waals surface area contributed by atoms with Crippen molar-refractivity contribution in [1.29, 1.82) is 0 Å². The highest BCUT2D eigenvalue weighted by Crippen LogP contribution is 2.44. The highest BCUT2D eigenvalue weighted by molar-refractivity contribution is 7.99. The van der Waals surface area contributed by atoms with Gasteiger partial charge in [-0.3, -0.25) is 24.0 Å². The minimum Gasteiger partial charge on any atom is -0.463 e. The van der Waals surface area contributed by atoms with Gasteiger partial charge in [0.1, 0.15) is 49.5 Å². The smallest absolute Gasteiger partial charge is 0.407 e. The molecule has 1 aliphatic carbocycles. The zero-order chi connectivity index (χ0) is 42.6. The molecule has 0 bridgehead atoms. The maximum absolute atomic E-state index is 13.9. The van der Waals surface area contributed by atoms with Gasteiger partial charge in [0.25, 0.3) is 0 Å². The van der Waals surface area contributed by atoms with Gasteiger partial charge in [-0.1, -0.05) is 78.9 Å². The van der Waals surface area contributed by atoms with Gasteiger partial charge in [0, 0.05) is 39.4 Å². The van der Waals surface area contributed by atoms with Gasteiger partial charge in [0.15, 0.2) is 12.2 Å². The fraction of sp³-hybridized carbons (Fsp3) is 0.405. The topological polar surface area (TPSA) is 211 Å². The molecule has 59 heavy (non-hydrogen) atoms. The van der Waals surface area contributed by atoms with Crippen molar-refractivity contribution in [2.45, 2.75) is 89.0 Å². The van der Waals surface area contributed by atoms with E-state index in [0.29, 0.717) is 0 Å². The number of carbonyl (C=O) groups excluding carboxylic acids is 7. The van der Waals surface area contributed by atoms with Crippen LogP contribution in [-0.2, 0) is 63.8 Å². The number of ether oxygens (including phenoxy) is 6. The van der Waals surface area contributed by atoms with E-state index in [1.54, 1.807) is 24.3 Å². The van der Waals surface area contributed by atoms with Gasteiger partial charge in [0.2, 0.25) is 11.8 Å². The fourth-order valence-corrected chi connectivity index (χ4v) is 8.08. The minimum atomic E-state index is -1.38. The van der Waals surface area contributed by atoms with Crippen LogP contribution in [0.2, 0.25) is 0 Å². The molecule has 7 atom stereocenters. The van der Waals surface area contributed by atoms with Crippen LogP contribution < -0.4 is 16.0 Å². The third-order valence-electron chi connectivity index (χ3n) is 9.39. The Morgan fingerprint density at radius 3 is 1.88 bits per heavy atom. The van der Waals surface area contributed by atoms with Crippen LogP contribution in [0.25, 0.3) is 11.1 Å². The van der Waals surface area contributed by atoms with Gasteiger partial charge in [-0.2, -0.15) is 0 Å². The summed E-state index contributed by atoms with van der Waals surface area (Å²) in [5.74, 6) is -4.83. The molecule has 0 saturated carbocycles. The molecule has 17 heteroatoms. The molecular formula is C42H47N3O13S. The van der Waals surface area contributed by atoms with Gasteiger partial charge in [-0.25, -0.2) is 9.59 Å². The summed E-state index contributed by atoms with van der Waals surface area (Å²) in [5, 5.41) is 7.87. The van der Waals surface area contributed by atoms with E-state index in [4.69, 9.17) is 28.4 Å². The normalized spacial score (nSPS) is 20.3. The van der Waals surface area contributed by atoms with E-state index in [1.165, 1.54) is 13.8 Å². The molecule has 0 spiro atoms. The number of thioether (sulfide) groups is 1. The average Bonchev–Trinajstić information content (AvgIpc) is 3.52. The summed E-state index contributed by atoms with van der Waals surface area (Å²) in [4.78, 5) is 89.2. The van der Waals surface area contributed by atoms with Crippen LogP contribution in [0.3, 0.4) is 0 Å².